The first-order valence-corrected chi connectivity index (χ1v) is 11.5. The molecule has 2 atom stereocenters. The maximum Gasteiger partial charge on any atom is 0.276 e. The van der Waals surface area contributed by atoms with E-state index in [-0.39, 0.29) is 42.1 Å². The zero-order chi connectivity index (χ0) is 25.6. The van der Waals surface area contributed by atoms with Crippen molar-refractivity contribution in [3.05, 3.63) is 87.2 Å². The molecular formula is C25H24F2N4O5. The minimum absolute atomic E-state index is 0.0302. The van der Waals surface area contributed by atoms with E-state index >= 15 is 0 Å². The normalized spacial score (nSPS) is 19.6. The van der Waals surface area contributed by atoms with Crippen molar-refractivity contribution in [2.24, 2.45) is 0 Å². The van der Waals surface area contributed by atoms with E-state index in [1.165, 1.54) is 16.8 Å². The second-order valence-electron chi connectivity index (χ2n) is 9.02. The van der Waals surface area contributed by atoms with Crippen LogP contribution in [0.25, 0.3) is 0 Å². The summed E-state index contributed by atoms with van der Waals surface area (Å²) in [5.41, 5.74) is -1.53. The molecule has 1 saturated heterocycles. The molecule has 1 fully saturated rings. The summed E-state index contributed by atoms with van der Waals surface area (Å²) in [6.45, 7) is 3.00. The molecule has 2 aliphatic rings. The summed E-state index contributed by atoms with van der Waals surface area (Å²) in [4.78, 5) is 42.8. The van der Waals surface area contributed by atoms with Crippen LogP contribution in [0.5, 0.6) is 5.75 Å². The summed E-state index contributed by atoms with van der Waals surface area (Å²) in [5, 5.41) is 13.1. The molecule has 0 spiro atoms. The zero-order valence-corrected chi connectivity index (χ0v) is 19.4. The van der Waals surface area contributed by atoms with E-state index in [1.54, 1.807) is 17.2 Å². The van der Waals surface area contributed by atoms with E-state index < -0.39 is 34.6 Å². The standard InChI is InChI=1S/C25H24F2N4O5/c1-14-6-7-29(11-17-3-2-8-36-17)20-13-30-12-18(22(32)23(33)21(30)25(35)31(14)20)24(34)28-10-15-4-5-16(26)9-19(15)27/h2-5,8-9,12,14,20,33H,6-7,10-11,13H2,1H3,(H,28,34). The van der Waals surface area contributed by atoms with Crippen LogP contribution >= 0.6 is 0 Å². The third-order valence-electron chi connectivity index (χ3n) is 6.74. The second-order valence-corrected chi connectivity index (χ2v) is 9.02. The van der Waals surface area contributed by atoms with Crippen molar-refractivity contribution >= 4 is 11.8 Å². The predicted octanol–water partition coefficient (Wildman–Crippen LogP) is 2.43. The Balaban J connectivity index is 1.44. The molecule has 0 saturated carbocycles. The Morgan fingerprint density at radius 2 is 2.06 bits per heavy atom. The maximum absolute atomic E-state index is 13.9. The highest BCUT2D eigenvalue weighted by Gasteiger charge is 2.43. The smallest absolute Gasteiger partial charge is 0.276 e. The number of carbonyl (C=O) groups excluding carboxylic acids is 2. The third-order valence-corrected chi connectivity index (χ3v) is 6.74. The number of pyridine rings is 1. The van der Waals surface area contributed by atoms with Gasteiger partial charge in [0.05, 0.1) is 19.4 Å². The molecule has 2 N–H and O–H groups in total. The highest BCUT2D eigenvalue weighted by molar-refractivity contribution is 5.99. The number of halogens is 2. The van der Waals surface area contributed by atoms with Crippen LogP contribution in [-0.2, 0) is 19.6 Å². The Morgan fingerprint density at radius 1 is 1.25 bits per heavy atom. The monoisotopic (exact) mass is 498 g/mol. The number of nitrogens with zero attached hydrogens (tertiary/aromatic N) is 3. The number of amides is 2. The summed E-state index contributed by atoms with van der Waals surface area (Å²) < 4.78 is 33.9. The number of hydrogen-bond acceptors (Lipinski definition) is 6. The van der Waals surface area contributed by atoms with Crippen LogP contribution in [0.15, 0.2) is 52.0 Å². The van der Waals surface area contributed by atoms with Gasteiger partial charge in [-0.2, -0.15) is 0 Å². The van der Waals surface area contributed by atoms with Crippen LogP contribution in [0, 0.1) is 11.6 Å². The highest BCUT2D eigenvalue weighted by Crippen LogP contribution is 2.31. The van der Waals surface area contributed by atoms with Crippen molar-refractivity contribution in [3.8, 4) is 5.75 Å². The molecule has 188 valence electrons. The van der Waals surface area contributed by atoms with Gasteiger partial charge >= 0.3 is 0 Å². The minimum Gasteiger partial charge on any atom is -0.503 e. The molecule has 4 heterocycles. The molecular weight excluding hydrogens is 474 g/mol. The Morgan fingerprint density at radius 3 is 2.78 bits per heavy atom. The van der Waals surface area contributed by atoms with Crippen LogP contribution in [0.1, 0.15) is 45.5 Å². The van der Waals surface area contributed by atoms with Gasteiger partial charge in [-0.25, -0.2) is 8.78 Å². The molecule has 9 nitrogen and oxygen atoms in total. The lowest BCUT2D eigenvalue weighted by atomic mass is 10.0. The quantitative estimate of drug-likeness (QED) is 0.560. The molecule has 2 amide bonds. The second kappa shape index (κ2) is 9.23. The lowest BCUT2D eigenvalue weighted by Gasteiger charge is -2.50. The fraction of sp³-hybridized carbons (Fsp3) is 0.320. The van der Waals surface area contributed by atoms with E-state index in [9.17, 15) is 28.3 Å². The van der Waals surface area contributed by atoms with Gasteiger partial charge in [-0.15, -0.1) is 0 Å². The Hall–Kier alpha value is -3.99. The molecule has 3 aromatic rings. The molecule has 2 aromatic heterocycles. The van der Waals surface area contributed by atoms with Gasteiger partial charge in [0.2, 0.25) is 5.43 Å². The van der Waals surface area contributed by atoms with E-state index in [4.69, 9.17) is 4.42 Å². The van der Waals surface area contributed by atoms with Gasteiger partial charge in [0.1, 0.15) is 29.1 Å². The molecule has 5 rings (SSSR count). The molecule has 1 aromatic carbocycles. The SMILES string of the molecule is CC1CCN(Cc2ccco2)C2Cn3cc(C(=O)NCc4ccc(F)cc4F)c(=O)c(O)c3C(=O)N12. The summed E-state index contributed by atoms with van der Waals surface area (Å²) in [7, 11) is 0. The molecule has 0 aliphatic carbocycles. The highest BCUT2D eigenvalue weighted by atomic mass is 19.1. The Kier molecular flexibility index (Phi) is 6.09. The van der Waals surface area contributed by atoms with Crippen molar-refractivity contribution in [1.29, 1.82) is 0 Å². The molecule has 36 heavy (non-hydrogen) atoms. The maximum atomic E-state index is 13.9. The largest absolute Gasteiger partial charge is 0.503 e. The van der Waals surface area contributed by atoms with Crippen LogP contribution < -0.4 is 10.7 Å². The van der Waals surface area contributed by atoms with Crippen molar-refractivity contribution in [2.45, 2.75) is 45.2 Å². The number of benzene rings is 1. The lowest BCUT2D eigenvalue weighted by molar-refractivity contribution is -0.0386. The van der Waals surface area contributed by atoms with Gasteiger partial charge in [-0.3, -0.25) is 19.3 Å². The lowest BCUT2D eigenvalue weighted by Crippen LogP contribution is -2.63. The van der Waals surface area contributed by atoms with Crippen LogP contribution in [0.2, 0.25) is 0 Å². The average molecular weight is 498 g/mol. The van der Waals surface area contributed by atoms with Crippen LogP contribution in [0.4, 0.5) is 8.78 Å². The minimum atomic E-state index is -0.998. The van der Waals surface area contributed by atoms with Gasteiger partial charge in [-0.1, -0.05) is 6.07 Å². The topological polar surface area (TPSA) is 108 Å². The summed E-state index contributed by atoms with van der Waals surface area (Å²) in [5.74, 6) is -3.02. The van der Waals surface area contributed by atoms with E-state index in [1.807, 2.05) is 13.0 Å². The van der Waals surface area contributed by atoms with Gasteiger partial charge in [0, 0.05) is 37.0 Å². The van der Waals surface area contributed by atoms with Gasteiger partial charge in [0.15, 0.2) is 11.4 Å². The number of nitrogens with one attached hydrogen (secondary N) is 1. The van der Waals surface area contributed by atoms with Crippen LogP contribution in [0.3, 0.4) is 0 Å². The molecule has 0 bridgehead atoms. The van der Waals surface area contributed by atoms with E-state index in [0.29, 0.717) is 25.6 Å². The van der Waals surface area contributed by atoms with Crippen LogP contribution in [-0.4, -0.2) is 50.0 Å². The fourth-order valence-electron chi connectivity index (χ4n) is 4.85. The number of carbonyl (C=O) groups is 2. The Labute approximate surface area is 204 Å². The number of furan rings is 1. The number of fused-ring (bicyclic) bond motifs is 2. The molecule has 11 heteroatoms. The summed E-state index contributed by atoms with van der Waals surface area (Å²) >= 11 is 0. The molecule has 2 unspecified atom stereocenters. The van der Waals surface area contributed by atoms with Crippen molar-refractivity contribution in [1.82, 2.24) is 19.7 Å². The van der Waals surface area contributed by atoms with Crippen molar-refractivity contribution in [2.75, 3.05) is 6.54 Å². The van der Waals surface area contributed by atoms with E-state index in [2.05, 4.69) is 10.2 Å². The zero-order valence-electron chi connectivity index (χ0n) is 19.4. The van der Waals surface area contributed by atoms with E-state index in [0.717, 1.165) is 11.8 Å². The first-order chi connectivity index (χ1) is 17.2. The number of hydrogen-bond donors (Lipinski definition) is 2. The fourth-order valence-corrected chi connectivity index (χ4v) is 4.85. The first kappa shape index (κ1) is 23.7. The number of aromatic nitrogens is 1. The summed E-state index contributed by atoms with van der Waals surface area (Å²) in [6.07, 6.45) is 3.14. The van der Waals surface area contributed by atoms with Gasteiger partial charge in [0.25, 0.3) is 11.8 Å². The molecule has 2 aliphatic heterocycles. The summed E-state index contributed by atoms with van der Waals surface area (Å²) in [6, 6.07) is 6.45. The Bertz CT molecular complexity index is 1390. The first-order valence-electron chi connectivity index (χ1n) is 11.5. The third kappa shape index (κ3) is 4.15. The van der Waals surface area contributed by atoms with Crippen molar-refractivity contribution < 1.29 is 27.9 Å². The average Bonchev–Trinajstić information content (AvgIpc) is 3.35. The predicted molar refractivity (Wildman–Crippen MR) is 123 cm³/mol. The van der Waals surface area contributed by atoms with Gasteiger partial charge in [-0.05, 0) is 31.5 Å². The van der Waals surface area contributed by atoms with Gasteiger partial charge < -0.3 is 24.3 Å². The number of rotatable bonds is 5. The molecule has 0 radical (unpaired) electrons. The number of aromatic hydroxyl groups is 1. The van der Waals surface area contributed by atoms with Crippen molar-refractivity contribution in [3.63, 3.8) is 0 Å².